The maximum absolute atomic E-state index is 2.64. The lowest BCUT2D eigenvalue weighted by atomic mass is 9.47. The van der Waals surface area contributed by atoms with Crippen molar-refractivity contribution in [1.82, 2.24) is 0 Å². The minimum absolute atomic E-state index is 0.592. The van der Waals surface area contributed by atoms with Crippen LogP contribution in [0.2, 0.25) is 0 Å². The molecule has 0 nitrogen and oxygen atoms in total. The second kappa shape index (κ2) is 4.37. The highest BCUT2D eigenvalue weighted by molar-refractivity contribution is 5.23. The Kier molecular flexibility index (Phi) is 2.93. The van der Waals surface area contributed by atoms with Crippen LogP contribution in [0.3, 0.4) is 0 Å². The lowest BCUT2D eigenvalue weighted by molar-refractivity contribution is -0.0486. The molecule has 0 amide bonds. The van der Waals surface area contributed by atoms with Gasteiger partial charge in [-0.15, -0.1) is 0 Å². The number of hydrogen-bond acceptors (Lipinski definition) is 0. The Balaban J connectivity index is 1.68. The van der Waals surface area contributed by atoms with Crippen LogP contribution in [0.15, 0.2) is 11.6 Å². The minimum Gasteiger partial charge on any atom is -0.0848 e. The van der Waals surface area contributed by atoms with Gasteiger partial charge in [0.25, 0.3) is 0 Å². The van der Waals surface area contributed by atoms with Gasteiger partial charge in [-0.05, 0) is 92.3 Å². The Labute approximate surface area is 125 Å². The number of allylic oxidation sites excluding steroid dienone is 2. The minimum atomic E-state index is 0.592. The Hall–Kier alpha value is -0.260. The maximum Gasteiger partial charge on any atom is -0.00853 e. The first-order chi connectivity index (χ1) is 9.56. The summed E-state index contributed by atoms with van der Waals surface area (Å²) in [6.45, 7) is 7.81. The van der Waals surface area contributed by atoms with Gasteiger partial charge in [0, 0.05) is 0 Å². The summed E-state index contributed by atoms with van der Waals surface area (Å²) in [4.78, 5) is 0. The van der Waals surface area contributed by atoms with Crippen LogP contribution in [0, 0.1) is 34.5 Å². The molecule has 0 bridgehead atoms. The number of hydrogen-bond donors (Lipinski definition) is 0. The molecule has 0 N–H and O–H groups in total. The van der Waals surface area contributed by atoms with Crippen molar-refractivity contribution in [2.45, 2.75) is 78.6 Å². The number of fused-ring (bicyclic) bond motifs is 5. The molecular weight excluding hydrogens is 240 g/mol. The summed E-state index contributed by atoms with van der Waals surface area (Å²) in [5.74, 6) is 4.10. The second-order valence-electron chi connectivity index (χ2n) is 8.98. The van der Waals surface area contributed by atoms with Crippen LogP contribution in [-0.4, -0.2) is 0 Å². The van der Waals surface area contributed by atoms with Crippen LogP contribution in [0.25, 0.3) is 0 Å². The van der Waals surface area contributed by atoms with Crippen LogP contribution >= 0.6 is 0 Å². The molecule has 4 rings (SSSR count). The van der Waals surface area contributed by atoms with Crippen molar-refractivity contribution in [2.75, 3.05) is 0 Å². The Morgan fingerprint density at radius 3 is 2.70 bits per heavy atom. The fourth-order valence-corrected chi connectivity index (χ4v) is 7.02. The zero-order valence-electron chi connectivity index (χ0n) is 13.8. The molecule has 4 aliphatic carbocycles. The smallest absolute Gasteiger partial charge is 0.00853 e. The molecular formula is C20H32. The molecule has 6 unspecified atom stereocenters. The van der Waals surface area contributed by atoms with Gasteiger partial charge in [0.05, 0.1) is 0 Å². The number of rotatable bonds is 0. The third kappa shape index (κ3) is 1.60. The van der Waals surface area contributed by atoms with Crippen LogP contribution < -0.4 is 0 Å². The van der Waals surface area contributed by atoms with Crippen LogP contribution in [-0.2, 0) is 0 Å². The van der Waals surface area contributed by atoms with Gasteiger partial charge in [0.15, 0.2) is 0 Å². The lowest BCUT2D eigenvalue weighted by Gasteiger charge is -2.58. The molecule has 0 saturated heterocycles. The monoisotopic (exact) mass is 272 g/mol. The van der Waals surface area contributed by atoms with Gasteiger partial charge in [0.2, 0.25) is 0 Å². The highest BCUT2D eigenvalue weighted by Gasteiger charge is 2.57. The fraction of sp³-hybridized carbons (Fsp3) is 0.900. The standard InChI is InChI=1S/C20H32/c1-14-7-10-17-16-9-8-15-6-4-5-12-20(15,3)18(16)11-13-19(14,17)2/h6,14,16-18H,4-5,7-13H2,1-3H3. The van der Waals surface area contributed by atoms with Crippen LogP contribution in [0.1, 0.15) is 78.6 Å². The van der Waals surface area contributed by atoms with E-state index in [1.807, 2.05) is 5.57 Å². The second-order valence-corrected chi connectivity index (χ2v) is 8.98. The SMILES string of the molecule is CC1CCC2C3CCC4=CCCCC4(C)C3CCC12C. The Morgan fingerprint density at radius 1 is 1.00 bits per heavy atom. The summed E-state index contributed by atoms with van der Waals surface area (Å²) in [7, 11) is 0. The predicted molar refractivity (Wildman–Crippen MR) is 85.5 cm³/mol. The predicted octanol–water partition coefficient (Wildman–Crippen LogP) is 5.98. The lowest BCUT2D eigenvalue weighted by Crippen LogP contribution is -2.49. The van der Waals surface area contributed by atoms with E-state index in [1.54, 1.807) is 0 Å². The van der Waals surface area contributed by atoms with Gasteiger partial charge in [-0.25, -0.2) is 0 Å². The summed E-state index contributed by atoms with van der Waals surface area (Å²) < 4.78 is 0. The quantitative estimate of drug-likeness (QED) is 0.476. The molecule has 20 heavy (non-hydrogen) atoms. The molecule has 0 radical (unpaired) electrons. The van der Waals surface area contributed by atoms with Crippen molar-refractivity contribution in [3.63, 3.8) is 0 Å². The van der Waals surface area contributed by atoms with E-state index in [1.165, 1.54) is 57.8 Å². The highest BCUT2D eigenvalue weighted by atomic mass is 14.6. The van der Waals surface area contributed by atoms with E-state index in [-0.39, 0.29) is 0 Å². The average molecular weight is 272 g/mol. The molecule has 0 spiro atoms. The van der Waals surface area contributed by atoms with Crippen molar-refractivity contribution in [1.29, 1.82) is 0 Å². The normalized spacial score (nSPS) is 54.6. The first-order valence-corrected chi connectivity index (χ1v) is 9.25. The fourth-order valence-electron chi connectivity index (χ4n) is 7.02. The van der Waals surface area contributed by atoms with Crippen molar-refractivity contribution in [3.8, 4) is 0 Å². The van der Waals surface area contributed by atoms with Crippen LogP contribution in [0.5, 0.6) is 0 Å². The molecule has 3 saturated carbocycles. The van der Waals surface area contributed by atoms with Gasteiger partial charge >= 0.3 is 0 Å². The summed E-state index contributed by atoms with van der Waals surface area (Å²) >= 11 is 0. The summed E-state index contributed by atoms with van der Waals surface area (Å²) in [5, 5.41) is 0. The molecule has 112 valence electrons. The van der Waals surface area contributed by atoms with Crippen molar-refractivity contribution in [2.24, 2.45) is 34.5 Å². The van der Waals surface area contributed by atoms with Gasteiger partial charge in [-0.1, -0.05) is 32.4 Å². The zero-order chi connectivity index (χ0) is 14.0. The molecule has 0 heterocycles. The highest BCUT2D eigenvalue weighted by Crippen LogP contribution is 2.66. The third-order valence-corrected chi connectivity index (χ3v) is 8.50. The van der Waals surface area contributed by atoms with Crippen LogP contribution in [0.4, 0.5) is 0 Å². The Morgan fingerprint density at radius 2 is 1.85 bits per heavy atom. The van der Waals surface area contributed by atoms with E-state index in [0.717, 1.165) is 23.7 Å². The molecule has 0 aliphatic heterocycles. The topological polar surface area (TPSA) is 0 Å². The Bertz CT molecular complexity index is 433. The van der Waals surface area contributed by atoms with Gasteiger partial charge in [-0.3, -0.25) is 0 Å². The first-order valence-electron chi connectivity index (χ1n) is 9.25. The third-order valence-electron chi connectivity index (χ3n) is 8.50. The average Bonchev–Trinajstić information content (AvgIpc) is 2.74. The van der Waals surface area contributed by atoms with Crippen molar-refractivity contribution in [3.05, 3.63) is 11.6 Å². The van der Waals surface area contributed by atoms with E-state index in [9.17, 15) is 0 Å². The molecule has 0 heteroatoms. The summed E-state index contributed by atoms with van der Waals surface area (Å²) in [6.07, 6.45) is 15.9. The molecule has 6 atom stereocenters. The largest absolute Gasteiger partial charge is 0.0848 e. The van der Waals surface area contributed by atoms with Gasteiger partial charge < -0.3 is 0 Å². The maximum atomic E-state index is 2.64. The molecule has 4 aliphatic rings. The molecule has 0 aromatic heterocycles. The van der Waals surface area contributed by atoms with Crippen molar-refractivity contribution < 1.29 is 0 Å². The van der Waals surface area contributed by atoms with E-state index >= 15 is 0 Å². The van der Waals surface area contributed by atoms with Gasteiger partial charge in [0.1, 0.15) is 0 Å². The molecule has 3 fully saturated rings. The molecule has 0 aromatic rings. The van der Waals surface area contributed by atoms with Gasteiger partial charge in [-0.2, -0.15) is 0 Å². The summed E-state index contributed by atoms with van der Waals surface area (Å²) in [6, 6.07) is 0. The van der Waals surface area contributed by atoms with Crippen molar-refractivity contribution >= 4 is 0 Å². The van der Waals surface area contributed by atoms with E-state index in [0.29, 0.717) is 10.8 Å². The first kappa shape index (κ1) is 13.4. The zero-order valence-corrected chi connectivity index (χ0v) is 13.8. The summed E-state index contributed by atoms with van der Waals surface area (Å²) in [5.41, 5.74) is 3.14. The molecule has 0 aromatic carbocycles. The van der Waals surface area contributed by atoms with E-state index in [2.05, 4.69) is 26.8 Å². The van der Waals surface area contributed by atoms with E-state index in [4.69, 9.17) is 0 Å². The van der Waals surface area contributed by atoms with E-state index < -0.39 is 0 Å².